The second-order valence-corrected chi connectivity index (χ2v) is 9.12. The maximum absolute atomic E-state index is 12.5. The van der Waals surface area contributed by atoms with Crippen molar-refractivity contribution < 1.29 is 13.2 Å². The van der Waals surface area contributed by atoms with Gasteiger partial charge >= 0.3 is 0 Å². The van der Waals surface area contributed by atoms with Gasteiger partial charge in [0, 0.05) is 32.5 Å². The Morgan fingerprint density at radius 1 is 1.40 bits per heavy atom. The first kappa shape index (κ1) is 18.0. The second-order valence-electron chi connectivity index (χ2n) is 5.91. The zero-order chi connectivity index (χ0) is 18.2. The van der Waals surface area contributed by atoms with Crippen LogP contribution in [-0.2, 0) is 21.9 Å². The number of amides is 1. The lowest BCUT2D eigenvalue weighted by molar-refractivity contribution is -0.128. The van der Waals surface area contributed by atoms with Crippen LogP contribution in [0, 0.1) is 0 Å². The van der Waals surface area contributed by atoms with Gasteiger partial charge < -0.3 is 9.47 Å². The van der Waals surface area contributed by atoms with Gasteiger partial charge in [-0.2, -0.15) is 4.31 Å². The largest absolute Gasteiger partial charge is 0.328 e. The van der Waals surface area contributed by atoms with E-state index in [-0.39, 0.29) is 12.5 Å². The molecule has 1 aliphatic heterocycles. The van der Waals surface area contributed by atoms with Crippen molar-refractivity contribution in [3.8, 4) is 0 Å². The Kier molecular flexibility index (Phi) is 4.90. The van der Waals surface area contributed by atoms with E-state index < -0.39 is 10.0 Å². The summed E-state index contributed by atoms with van der Waals surface area (Å²) in [5, 5.41) is 0.797. The van der Waals surface area contributed by atoms with E-state index in [1.165, 1.54) is 7.05 Å². The van der Waals surface area contributed by atoms with Crippen molar-refractivity contribution >= 4 is 44.8 Å². The van der Waals surface area contributed by atoms with Crippen LogP contribution in [0.25, 0.3) is 17.1 Å². The van der Waals surface area contributed by atoms with Gasteiger partial charge in [-0.15, -0.1) is 11.8 Å². The lowest BCUT2D eigenvalue weighted by Gasteiger charge is -2.20. The molecule has 7 nitrogen and oxygen atoms in total. The number of thioether (sulfide) groups is 1. The molecule has 1 fully saturated rings. The van der Waals surface area contributed by atoms with Gasteiger partial charge in [0.25, 0.3) is 0 Å². The smallest absolute Gasteiger partial charge is 0.242 e. The molecule has 0 aliphatic carbocycles. The minimum absolute atomic E-state index is 0.167. The van der Waals surface area contributed by atoms with E-state index >= 15 is 0 Å². The van der Waals surface area contributed by atoms with Crippen molar-refractivity contribution in [3.63, 3.8) is 0 Å². The Morgan fingerprint density at radius 3 is 2.80 bits per heavy atom. The van der Waals surface area contributed by atoms with Gasteiger partial charge in [0.15, 0.2) is 0 Å². The van der Waals surface area contributed by atoms with Crippen molar-refractivity contribution in [2.24, 2.45) is 7.05 Å². The van der Waals surface area contributed by atoms with Gasteiger partial charge in [-0.25, -0.2) is 13.4 Å². The van der Waals surface area contributed by atoms with Crippen molar-refractivity contribution in [1.82, 2.24) is 18.8 Å². The average molecular weight is 380 g/mol. The summed E-state index contributed by atoms with van der Waals surface area (Å²) in [5.41, 5.74) is 1.92. The number of imidazole rings is 1. The quantitative estimate of drug-likeness (QED) is 0.800. The van der Waals surface area contributed by atoms with E-state index in [0.717, 1.165) is 38.2 Å². The molecule has 0 unspecified atom stereocenters. The third-order valence-corrected chi connectivity index (χ3v) is 6.41. The molecule has 0 spiro atoms. The predicted octanol–water partition coefficient (Wildman–Crippen LogP) is 1.34. The van der Waals surface area contributed by atoms with Crippen LogP contribution < -0.4 is 0 Å². The summed E-state index contributed by atoms with van der Waals surface area (Å²) < 4.78 is 26.1. The van der Waals surface area contributed by atoms with Gasteiger partial charge in [0.05, 0.1) is 28.9 Å². The molecule has 2 heterocycles. The minimum Gasteiger partial charge on any atom is -0.328 e. The summed E-state index contributed by atoms with van der Waals surface area (Å²) >= 11 is 1.57. The monoisotopic (exact) mass is 380 g/mol. The molecule has 134 valence electrons. The first-order valence-electron chi connectivity index (χ1n) is 7.75. The van der Waals surface area contributed by atoms with E-state index in [1.807, 2.05) is 42.0 Å². The Hall–Kier alpha value is -1.84. The topological polar surface area (TPSA) is 75.5 Å². The summed E-state index contributed by atoms with van der Waals surface area (Å²) in [7, 11) is -0.0413. The molecule has 0 radical (unpaired) electrons. The SMILES string of the molecule is CN(CC(=O)N1CCS/C1=C/c1nc2ccccc2n1C)S(C)(=O)=O. The highest BCUT2D eigenvalue weighted by molar-refractivity contribution is 8.03. The van der Waals surface area contributed by atoms with Crippen LogP contribution in [0.4, 0.5) is 0 Å². The molecule has 1 aromatic heterocycles. The fourth-order valence-corrected chi connectivity index (χ4v) is 3.96. The molecular weight excluding hydrogens is 360 g/mol. The third-order valence-electron chi connectivity index (χ3n) is 4.13. The summed E-state index contributed by atoms with van der Waals surface area (Å²) in [6, 6.07) is 7.84. The number of hydrogen-bond acceptors (Lipinski definition) is 5. The molecule has 2 aromatic rings. The number of para-hydroxylation sites is 2. The van der Waals surface area contributed by atoms with E-state index in [0.29, 0.717) is 6.54 Å². The molecule has 1 aliphatic rings. The Balaban J connectivity index is 1.86. The summed E-state index contributed by atoms with van der Waals surface area (Å²) in [6.45, 7) is 0.399. The standard InChI is InChI=1S/C16H20N4O3S2/c1-18(25(3,22)23)11-15(21)20-8-9-24-16(20)10-14-17-12-6-4-5-7-13(12)19(14)2/h4-7,10H,8-9,11H2,1-3H3/b16-10+. The minimum atomic E-state index is -3.38. The number of aryl methyl sites for hydroxylation is 1. The predicted molar refractivity (Wildman–Crippen MR) is 100 cm³/mol. The molecule has 1 saturated heterocycles. The van der Waals surface area contributed by atoms with Crippen molar-refractivity contribution in [2.75, 3.05) is 32.1 Å². The molecule has 1 aromatic carbocycles. The summed E-state index contributed by atoms with van der Waals surface area (Å²) in [4.78, 5) is 18.7. The van der Waals surface area contributed by atoms with E-state index in [9.17, 15) is 13.2 Å². The molecule has 25 heavy (non-hydrogen) atoms. The Morgan fingerprint density at radius 2 is 2.12 bits per heavy atom. The van der Waals surface area contributed by atoms with Crippen LogP contribution in [0.5, 0.6) is 0 Å². The number of carbonyl (C=O) groups is 1. The average Bonchev–Trinajstić information content (AvgIpc) is 3.13. The molecule has 0 atom stereocenters. The Labute approximate surface area is 151 Å². The summed E-state index contributed by atoms with van der Waals surface area (Å²) in [5.74, 6) is 1.31. The number of rotatable bonds is 4. The number of fused-ring (bicyclic) bond motifs is 1. The first-order chi connectivity index (χ1) is 11.8. The highest BCUT2D eigenvalue weighted by Gasteiger charge is 2.27. The number of carbonyl (C=O) groups excluding carboxylic acids is 1. The zero-order valence-electron chi connectivity index (χ0n) is 14.3. The first-order valence-corrected chi connectivity index (χ1v) is 10.6. The van der Waals surface area contributed by atoms with Crippen LogP contribution in [0.3, 0.4) is 0 Å². The molecule has 0 saturated carbocycles. The highest BCUT2D eigenvalue weighted by atomic mass is 32.2. The molecule has 0 bridgehead atoms. The van der Waals surface area contributed by atoms with E-state index in [1.54, 1.807) is 16.7 Å². The lowest BCUT2D eigenvalue weighted by Crippen LogP contribution is -2.38. The van der Waals surface area contributed by atoms with Crippen molar-refractivity contribution in [3.05, 3.63) is 35.1 Å². The van der Waals surface area contributed by atoms with Gasteiger partial charge in [0.1, 0.15) is 5.82 Å². The second kappa shape index (κ2) is 6.81. The molecule has 3 rings (SSSR count). The maximum Gasteiger partial charge on any atom is 0.242 e. The van der Waals surface area contributed by atoms with Crippen LogP contribution in [0.2, 0.25) is 0 Å². The maximum atomic E-state index is 12.5. The van der Waals surface area contributed by atoms with E-state index in [4.69, 9.17) is 0 Å². The Bertz CT molecular complexity index is 949. The third kappa shape index (κ3) is 3.73. The molecular formula is C16H20N4O3S2. The zero-order valence-corrected chi connectivity index (χ0v) is 16.0. The van der Waals surface area contributed by atoms with Crippen LogP contribution in [0.1, 0.15) is 5.82 Å². The van der Waals surface area contributed by atoms with Crippen LogP contribution in [-0.4, -0.2) is 65.2 Å². The van der Waals surface area contributed by atoms with Gasteiger partial charge in [-0.3, -0.25) is 4.79 Å². The number of benzene rings is 1. The van der Waals surface area contributed by atoms with E-state index in [2.05, 4.69) is 4.98 Å². The number of likely N-dealkylation sites (N-methyl/N-ethyl adjacent to an activating group) is 1. The number of nitrogens with zero attached hydrogens (tertiary/aromatic N) is 4. The molecule has 9 heteroatoms. The van der Waals surface area contributed by atoms with Crippen molar-refractivity contribution in [2.45, 2.75) is 0 Å². The van der Waals surface area contributed by atoms with Crippen LogP contribution >= 0.6 is 11.8 Å². The highest BCUT2D eigenvalue weighted by Crippen LogP contribution is 2.30. The van der Waals surface area contributed by atoms with Crippen LogP contribution in [0.15, 0.2) is 29.3 Å². The number of sulfonamides is 1. The van der Waals surface area contributed by atoms with Gasteiger partial charge in [-0.1, -0.05) is 12.1 Å². The van der Waals surface area contributed by atoms with Gasteiger partial charge in [0.2, 0.25) is 15.9 Å². The molecule has 1 amide bonds. The number of hydrogen-bond donors (Lipinski definition) is 0. The summed E-state index contributed by atoms with van der Waals surface area (Å²) in [6.07, 6.45) is 2.98. The van der Waals surface area contributed by atoms with Crippen molar-refractivity contribution in [1.29, 1.82) is 0 Å². The molecule has 0 N–H and O–H groups in total. The van der Waals surface area contributed by atoms with Gasteiger partial charge in [-0.05, 0) is 12.1 Å². The lowest BCUT2D eigenvalue weighted by atomic mass is 10.3. The number of aromatic nitrogens is 2. The normalized spacial score (nSPS) is 17.1. The fourth-order valence-electron chi connectivity index (χ4n) is 2.59. The fraction of sp³-hybridized carbons (Fsp3) is 0.375.